The zero-order valence-corrected chi connectivity index (χ0v) is 14.7. The highest BCUT2D eigenvalue weighted by Gasteiger charge is 2.58. The van der Waals surface area contributed by atoms with E-state index in [0.717, 1.165) is 25.7 Å². The molecule has 2 N–H and O–H groups in total. The third-order valence-corrected chi connectivity index (χ3v) is 6.78. The first-order valence-corrected chi connectivity index (χ1v) is 9.12. The van der Waals surface area contributed by atoms with Gasteiger partial charge in [-0.2, -0.15) is 0 Å². The molecule has 2 saturated carbocycles. The standard InChI is InChI=1S/C18H30N2O3/c1-5-19-17(22)20-13-7-9-18(4)8-6-12-10(2)16(21)23-15(12)14(18)11(13)3/h10-15H,5-9H2,1-4H3,(H2,19,20,22)/t10-,11+,12-,13-,14+,15-,18-/m0/s1. The minimum Gasteiger partial charge on any atom is -0.462 e. The summed E-state index contributed by atoms with van der Waals surface area (Å²) in [5.74, 6) is 1.01. The Morgan fingerprint density at radius 3 is 2.70 bits per heavy atom. The Balaban J connectivity index is 1.79. The average Bonchev–Trinajstić information content (AvgIpc) is 2.77. The monoisotopic (exact) mass is 322 g/mol. The molecule has 0 unspecified atom stereocenters. The molecule has 3 rings (SSSR count). The van der Waals surface area contributed by atoms with E-state index in [4.69, 9.17) is 4.74 Å². The summed E-state index contributed by atoms with van der Waals surface area (Å²) < 4.78 is 5.82. The molecule has 130 valence electrons. The third-order valence-electron chi connectivity index (χ3n) is 6.78. The molecular weight excluding hydrogens is 292 g/mol. The topological polar surface area (TPSA) is 67.4 Å². The Morgan fingerprint density at radius 2 is 2.00 bits per heavy atom. The minimum absolute atomic E-state index is 0.0217. The molecule has 2 aliphatic carbocycles. The maximum atomic E-state index is 12.1. The van der Waals surface area contributed by atoms with E-state index in [2.05, 4.69) is 24.5 Å². The van der Waals surface area contributed by atoms with Crippen molar-refractivity contribution < 1.29 is 14.3 Å². The van der Waals surface area contributed by atoms with Crippen molar-refractivity contribution in [2.75, 3.05) is 6.54 Å². The molecule has 3 fully saturated rings. The highest BCUT2D eigenvalue weighted by molar-refractivity contribution is 5.75. The quantitative estimate of drug-likeness (QED) is 0.768. The summed E-state index contributed by atoms with van der Waals surface area (Å²) >= 11 is 0. The van der Waals surface area contributed by atoms with Gasteiger partial charge >= 0.3 is 12.0 Å². The summed E-state index contributed by atoms with van der Waals surface area (Å²) in [6.45, 7) is 9.13. The second-order valence-corrected chi connectivity index (χ2v) is 8.08. The largest absolute Gasteiger partial charge is 0.462 e. The number of nitrogens with one attached hydrogen (secondary N) is 2. The van der Waals surface area contributed by atoms with Gasteiger partial charge in [-0.15, -0.1) is 0 Å². The van der Waals surface area contributed by atoms with Crippen molar-refractivity contribution in [1.82, 2.24) is 10.6 Å². The molecule has 5 nitrogen and oxygen atoms in total. The second-order valence-electron chi connectivity index (χ2n) is 8.08. The fraction of sp³-hybridized carbons (Fsp3) is 0.889. The number of carbonyl (C=O) groups is 2. The Bertz CT molecular complexity index is 495. The first-order chi connectivity index (χ1) is 10.9. The number of esters is 1. The van der Waals surface area contributed by atoms with Crippen LogP contribution in [-0.2, 0) is 9.53 Å². The smallest absolute Gasteiger partial charge is 0.315 e. The van der Waals surface area contributed by atoms with E-state index >= 15 is 0 Å². The number of carbonyl (C=O) groups excluding carboxylic acids is 2. The number of hydrogen-bond acceptors (Lipinski definition) is 3. The van der Waals surface area contributed by atoms with Crippen molar-refractivity contribution in [3.8, 4) is 0 Å². The van der Waals surface area contributed by atoms with Gasteiger partial charge in [-0.3, -0.25) is 4.79 Å². The van der Waals surface area contributed by atoms with Crippen molar-refractivity contribution >= 4 is 12.0 Å². The van der Waals surface area contributed by atoms with Gasteiger partial charge in [0.05, 0.1) is 5.92 Å². The number of urea groups is 1. The molecule has 0 aromatic rings. The lowest BCUT2D eigenvalue weighted by atomic mass is 9.52. The molecule has 5 heteroatoms. The van der Waals surface area contributed by atoms with Gasteiger partial charge in [-0.05, 0) is 43.9 Å². The van der Waals surface area contributed by atoms with Gasteiger partial charge in [0.15, 0.2) is 0 Å². The van der Waals surface area contributed by atoms with Gasteiger partial charge in [0.25, 0.3) is 0 Å². The molecule has 0 aromatic heterocycles. The molecule has 0 aromatic carbocycles. The van der Waals surface area contributed by atoms with E-state index in [1.54, 1.807) is 0 Å². The van der Waals surface area contributed by atoms with Crippen LogP contribution in [0.4, 0.5) is 4.79 Å². The van der Waals surface area contributed by atoms with Crippen LogP contribution in [-0.4, -0.2) is 30.7 Å². The van der Waals surface area contributed by atoms with Crippen LogP contribution >= 0.6 is 0 Å². The van der Waals surface area contributed by atoms with Gasteiger partial charge in [0.1, 0.15) is 6.10 Å². The summed E-state index contributed by atoms with van der Waals surface area (Å²) in [5.41, 5.74) is 0.227. The first-order valence-electron chi connectivity index (χ1n) is 9.12. The summed E-state index contributed by atoms with van der Waals surface area (Å²) in [7, 11) is 0. The number of hydrogen-bond donors (Lipinski definition) is 2. The van der Waals surface area contributed by atoms with Crippen molar-refractivity contribution in [1.29, 1.82) is 0 Å². The number of rotatable bonds is 2. The molecule has 3 aliphatic rings. The third kappa shape index (κ3) is 2.72. The maximum Gasteiger partial charge on any atom is 0.315 e. The van der Waals surface area contributed by atoms with Crippen LogP contribution in [0.15, 0.2) is 0 Å². The van der Waals surface area contributed by atoms with Crippen LogP contribution in [0.5, 0.6) is 0 Å². The molecular formula is C18H30N2O3. The van der Waals surface area contributed by atoms with Crippen LogP contribution in [0.1, 0.15) is 53.4 Å². The zero-order valence-electron chi connectivity index (χ0n) is 14.7. The van der Waals surface area contributed by atoms with Gasteiger partial charge < -0.3 is 15.4 Å². The zero-order chi connectivity index (χ0) is 16.8. The van der Waals surface area contributed by atoms with Crippen LogP contribution in [0.2, 0.25) is 0 Å². The SMILES string of the molecule is CCNC(=O)N[C@H]1CC[C@]2(C)CC[C@@H]3[C@H](OC(=O)[C@H]3C)[C@H]2[C@@H]1C. The van der Waals surface area contributed by atoms with Crippen molar-refractivity contribution in [2.45, 2.75) is 65.5 Å². The molecule has 0 radical (unpaired) electrons. The molecule has 2 amide bonds. The first kappa shape index (κ1) is 16.6. The molecule has 7 atom stereocenters. The van der Waals surface area contributed by atoms with E-state index in [1.165, 1.54) is 0 Å². The summed E-state index contributed by atoms with van der Waals surface area (Å²) in [4.78, 5) is 24.0. The fourth-order valence-electron chi connectivity index (χ4n) is 5.41. The van der Waals surface area contributed by atoms with E-state index in [-0.39, 0.29) is 35.5 Å². The van der Waals surface area contributed by atoms with E-state index in [1.807, 2.05) is 13.8 Å². The van der Waals surface area contributed by atoms with E-state index in [0.29, 0.717) is 24.3 Å². The Kier molecular flexibility index (Phi) is 4.32. The lowest BCUT2D eigenvalue weighted by Crippen LogP contribution is -2.57. The van der Waals surface area contributed by atoms with E-state index in [9.17, 15) is 9.59 Å². The Hall–Kier alpha value is -1.26. The van der Waals surface area contributed by atoms with Gasteiger partial charge in [0.2, 0.25) is 0 Å². The number of fused-ring (bicyclic) bond motifs is 3. The highest BCUT2D eigenvalue weighted by atomic mass is 16.6. The summed E-state index contributed by atoms with van der Waals surface area (Å²) in [5, 5.41) is 5.95. The van der Waals surface area contributed by atoms with Crippen LogP contribution in [0.25, 0.3) is 0 Å². The fourth-order valence-corrected chi connectivity index (χ4v) is 5.41. The molecule has 1 aliphatic heterocycles. The van der Waals surface area contributed by atoms with Gasteiger partial charge in [-0.25, -0.2) is 4.79 Å². The number of ether oxygens (including phenoxy) is 1. The maximum absolute atomic E-state index is 12.1. The lowest BCUT2D eigenvalue weighted by Gasteiger charge is -2.54. The highest BCUT2D eigenvalue weighted by Crippen LogP contribution is 2.57. The van der Waals surface area contributed by atoms with Crippen molar-refractivity contribution in [3.63, 3.8) is 0 Å². The minimum atomic E-state index is -0.0860. The molecule has 1 heterocycles. The van der Waals surface area contributed by atoms with Crippen LogP contribution in [0.3, 0.4) is 0 Å². The van der Waals surface area contributed by atoms with Gasteiger partial charge in [-0.1, -0.05) is 20.8 Å². The predicted octanol–water partition coefficient (Wildman–Crippen LogP) is 2.70. The average molecular weight is 322 g/mol. The lowest BCUT2D eigenvalue weighted by molar-refractivity contribution is -0.153. The van der Waals surface area contributed by atoms with E-state index < -0.39 is 0 Å². The van der Waals surface area contributed by atoms with Crippen molar-refractivity contribution in [2.24, 2.45) is 29.1 Å². The van der Waals surface area contributed by atoms with Crippen molar-refractivity contribution in [3.05, 3.63) is 0 Å². The molecule has 1 saturated heterocycles. The molecule has 0 bridgehead atoms. The molecule has 23 heavy (non-hydrogen) atoms. The Labute approximate surface area is 138 Å². The summed E-state index contributed by atoms with van der Waals surface area (Å²) in [6, 6.07) is 0.0741. The molecule has 0 spiro atoms. The van der Waals surface area contributed by atoms with Gasteiger partial charge in [0, 0.05) is 24.4 Å². The predicted molar refractivity (Wildman–Crippen MR) is 87.8 cm³/mol. The van der Waals surface area contributed by atoms with Crippen LogP contribution < -0.4 is 10.6 Å². The Morgan fingerprint density at radius 1 is 1.30 bits per heavy atom. The number of amides is 2. The second kappa shape index (κ2) is 5.99. The van der Waals surface area contributed by atoms with Crippen LogP contribution in [0, 0.1) is 29.1 Å². The normalized spacial score (nSPS) is 45.7. The summed E-state index contributed by atoms with van der Waals surface area (Å²) in [6.07, 6.45) is 4.38.